The zero-order chi connectivity index (χ0) is 10.8. The van der Waals surface area contributed by atoms with Crippen LogP contribution in [0.1, 0.15) is 39.0 Å². The van der Waals surface area contributed by atoms with Crippen molar-refractivity contribution < 1.29 is 9.90 Å². The van der Waals surface area contributed by atoms with E-state index < -0.39 is 0 Å². The Bertz CT molecular complexity index is 234. The molecule has 1 unspecified atom stereocenters. The lowest BCUT2D eigenvalue weighted by Gasteiger charge is -2.28. The van der Waals surface area contributed by atoms with E-state index in [2.05, 4.69) is 6.92 Å². The van der Waals surface area contributed by atoms with Crippen LogP contribution in [0.15, 0.2) is 0 Å². The van der Waals surface area contributed by atoms with Crippen LogP contribution in [0.2, 0.25) is 0 Å². The summed E-state index contributed by atoms with van der Waals surface area (Å²) in [6.07, 6.45) is 4.95. The van der Waals surface area contributed by atoms with Crippen LogP contribution in [-0.4, -0.2) is 35.1 Å². The fourth-order valence-electron chi connectivity index (χ4n) is 2.71. The van der Waals surface area contributed by atoms with E-state index in [1.807, 2.05) is 4.90 Å². The van der Waals surface area contributed by atoms with Gasteiger partial charge in [-0.05, 0) is 38.0 Å². The predicted molar refractivity (Wildman–Crippen MR) is 58.3 cm³/mol. The molecule has 2 rings (SSSR count). The standard InChI is InChI=1S/C12H21NO2/c1-9-2-4-10(5-3-9)12(15)13-7-6-11(14)8-13/h9-11,14H,2-8H2,1H3. The number of carbonyl (C=O) groups is 1. The monoisotopic (exact) mass is 211 g/mol. The van der Waals surface area contributed by atoms with E-state index in [1.54, 1.807) is 0 Å². The molecule has 1 aliphatic heterocycles. The lowest BCUT2D eigenvalue weighted by molar-refractivity contribution is -0.136. The van der Waals surface area contributed by atoms with Gasteiger partial charge in [0.1, 0.15) is 0 Å². The number of amides is 1. The van der Waals surface area contributed by atoms with Gasteiger partial charge in [-0.2, -0.15) is 0 Å². The Morgan fingerprint density at radius 2 is 1.87 bits per heavy atom. The number of β-amino-alcohol motifs (C(OH)–C–C–N with tert-alkyl or cyclic N) is 1. The van der Waals surface area contributed by atoms with Crippen molar-refractivity contribution in [1.29, 1.82) is 0 Å². The second-order valence-corrected chi connectivity index (χ2v) is 5.18. The maximum Gasteiger partial charge on any atom is 0.225 e. The number of rotatable bonds is 1. The molecule has 1 amide bonds. The third-order valence-electron chi connectivity index (χ3n) is 3.84. The summed E-state index contributed by atoms with van der Waals surface area (Å²) in [5, 5.41) is 9.40. The van der Waals surface area contributed by atoms with Crippen molar-refractivity contribution in [1.82, 2.24) is 4.90 Å². The third-order valence-corrected chi connectivity index (χ3v) is 3.84. The average molecular weight is 211 g/mol. The molecule has 1 saturated carbocycles. The van der Waals surface area contributed by atoms with Gasteiger partial charge in [0.2, 0.25) is 5.91 Å². The van der Waals surface area contributed by atoms with Crippen LogP contribution < -0.4 is 0 Å². The van der Waals surface area contributed by atoms with Gasteiger partial charge in [0.25, 0.3) is 0 Å². The molecule has 3 nitrogen and oxygen atoms in total. The molecule has 1 aliphatic carbocycles. The average Bonchev–Trinajstić information content (AvgIpc) is 2.65. The Kier molecular flexibility index (Phi) is 3.29. The second kappa shape index (κ2) is 4.52. The highest BCUT2D eigenvalue weighted by Crippen LogP contribution is 2.30. The summed E-state index contributed by atoms with van der Waals surface area (Å²) in [5.41, 5.74) is 0. The molecular formula is C12H21NO2. The first-order valence-electron chi connectivity index (χ1n) is 6.13. The van der Waals surface area contributed by atoms with Crippen LogP contribution in [0.5, 0.6) is 0 Å². The molecule has 0 radical (unpaired) electrons. The summed E-state index contributed by atoms with van der Waals surface area (Å²) >= 11 is 0. The topological polar surface area (TPSA) is 40.5 Å². The first kappa shape index (κ1) is 10.9. The van der Waals surface area contributed by atoms with Gasteiger partial charge >= 0.3 is 0 Å². The van der Waals surface area contributed by atoms with Crippen molar-refractivity contribution in [2.45, 2.75) is 45.1 Å². The third kappa shape index (κ3) is 2.51. The van der Waals surface area contributed by atoms with E-state index in [0.717, 1.165) is 31.7 Å². The van der Waals surface area contributed by atoms with Crippen LogP contribution in [-0.2, 0) is 4.79 Å². The van der Waals surface area contributed by atoms with E-state index in [9.17, 15) is 9.90 Å². The molecule has 1 atom stereocenters. The van der Waals surface area contributed by atoms with Gasteiger partial charge in [-0.3, -0.25) is 4.79 Å². The normalized spacial score (nSPS) is 36.9. The minimum absolute atomic E-state index is 0.242. The maximum absolute atomic E-state index is 12.1. The summed E-state index contributed by atoms with van der Waals surface area (Å²) < 4.78 is 0. The molecule has 15 heavy (non-hydrogen) atoms. The molecule has 0 bridgehead atoms. The van der Waals surface area contributed by atoms with E-state index in [-0.39, 0.29) is 12.0 Å². The quantitative estimate of drug-likeness (QED) is 0.712. The fraction of sp³-hybridized carbons (Fsp3) is 0.917. The SMILES string of the molecule is CC1CCC(C(=O)N2CCC(O)C2)CC1. The van der Waals surface area contributed by atoms with Gasteiger partial charge in [0.15, 0.2) is 0 Å². The molecule has 0 aromatic rings. The Morgan fingerprint density at radius 3 is 2.40 bits per heavy atom. The first-order valence-corrected chi connectivity index (χ1v) is 6.13. The molecule has 0 aromatic carbocycles. The number of aliphatic hydroxyl groups excluding tert-OH is 1. The van der Waals surface area contributed by atoms with Crippen molar-refractivity contribution in [3.63, 3.8) is 0 Å². The summed E-state index contributed by atoms with van der Waals surface area (Å²) in [6.45, 7) is 3.58. The van der Waals surface area contributed by atoms with E-state index >= 15 is 0 Å². The molecular weight excluding hydrogens is 190 g/mol. The van der Waals surface area contributed by atoms with Crippen molar-refractivity contribution in [2.24, 2.45) is 11.8 Å². The number of nitrogens with zero attached hydrogens (tertiary/aromatic N) is 1. The van der Waals surface area contributed by atoms with Gasteiger partial charge in [-0.1, -0.05) is 6.92 Å². The number of carbonyl (C=O) groups excluding carboxylic acids is 1. The Morgan fingerprint density at radius 1 is 1.20 bits per heavy atom. The highest BCUT2D eigenvalue weighted by Gasteiger charge is 2.31. The van der Waals surface area contributed by atoms with E-state index in [1.165, 1.54) is 12.8 Å². The zero-order valence-corrected chi connectivity index (χ0v) is 9.48. The molecule has 1 heterocycles. The van der Waals surface area contributed by atoms with Gasteiger partial charge < -0.3 is 10.0 Å². The smallest absolute Gasteiger partial charge is 0.225 e. The minimum Gasteiger partial charge on any atom is -0.391 e. The van der Waals surface area contributed by atoms with Crippen molar-refractivity contribution in [3.05, 3.63) is 0 Å². The number of hydrogen-bond acceptors (Lipinski definition) is 2. The lowest BCUT2D eigenvalue weighted by atomic mass is 9.82. The van der Waals surface area contributed by atoms with Crippen LogP contribution in [0.3, 0.4) is 0 Å². The van der Waals surface area contributed by atoms with Crippen molar-refractivity contribution >= 4 is 5.91 Å². The van der Waals surface area contributed by atoms with Crippen molar-refractivity contribution in [2.75, 3.05) is 13.1 Å². The Labute approximate surface area is 91.5 Å². The van der Waals surface area contributed by atoms with Gasteiger partial charge in [-0.15, -0.1) is 0 Å². The minimum atomic E-state index is -0.281. The Balaban J connectivity index is 1.85. The largest absolute Gasteiger partial charge is 0.391 e. The van der Waals surface area contributed by atoms with E-state index in [4.69, 9.17) is 0 Å². The molecule has 2 aliphatic rings. The zero-order valence-electron chi connectivity index (χ0n) is 9.48. The molecule has 1 N–H and O–H groups in total. The molecule has 2 fully saturated rings. The van der Waals surface area contributed by atoms with Gasteiger partial charge in [-0.25, -0.2) is 0 Å². The fourth-order valence-corrected chi connectivity index (χ4v) is 2.71. The van der Waals surface area contributed by atoms with Gasteiger partial charge in [0.05, 0.1) is 6.10 Å². The summed E-state index contributed by atoms with van der Waals surface area (Å²) in [6, 6.07) is 0. The number of aliphatic hydroxyl groups is 1. The number of hydrogen-bond donors (Lipinski definition) is 1. The van der Waals surface area contributed by atoms with E-state index in [0.29, 0.717) is 12.5 Å². The van der Waals surface area contributed by atoms with Crippen LogP contribution >= 0.6 is 0 Å². The van der Waals surface area contributed by atoms with Gasteiger partial charge in [0, 0.05) is 19.0 Å². The molecule has 1 saturated heterocycles. The lowest BCUT2D eigenvalue weighted by Crippen LogP contribution is -2.36. The van der Waals surface area contributed by atoms with Crippen LogP contribution in [0.4, 0.5) is 0 Å². The number of likely N-dealkylation sites (tertiary alicyclic amines) is 1. The van der Waals surface area contributed by atoms with Crippen molar-refractivity contribution in [3.8, 4) is 0 Å². The van der Waals surface area contributed by atoms with Crippen LogP contribution in [0.25, 0.3) is 0 Å². The highest BCUT2D eigenvalue weighted by atomic mass is 16.3. The molecule has 86 valence electrons. The molecule has 0 spiro atoms. The van der Waals surface area contributed by atoms with Crippen LogP contribution in [0, 0.1) is 11.8 Å². The molecule has 3 heteroatoms. The Hall–Kier alpha value is -0.570. The summed E-state index contributed by atoms with van der Waals surface area (Å²) in [4.78, 5) is 13.9. The summed E-state index contributed by atoms with van der Waals surface area (Å²) in [5.74, 6) is 1.32. The predicted octanol–water partition coefficient (Wildman–Crippen LogP) is 1.41. The molecule has 0 aromatic heterocycles. The second-order valence-electron chi connectivity index (χ2n) is 5.18. The first-order chi connectivity index (χ1) is 7.16. The summed E-state index contributed by atoms with van der Waals surface area (Å²) in [7, 11) is 0. The highest BCUT2D eigenvalue weighted by molar-refractivity contribution is 5.79. The maximum atomic E-state index is 12.1.